The van der Waals surface area contributed by atoms with Crippen LogP contribution in [0.1, 0.15) is 11.1 Å². The largest absolute Gasteiger partial charge is 0.423 e. The highest BCUT2D eigenvalue weighted by Crippen LogP contribution is 2.22. The Morgan fingerprint density at radius 1 is 1.09 bits per heavy atom. The van der Waals surface area contributed by atoms with Crippen molar-refractivity contribution in [2.75, 3.05) is 5.32 Å². The molecule has 23 heavy (non-hydrogen) atoms. The minimum absolute atomic E-state index is 0.302. The van der Waals surface area contributed by atoms with Crippen LogP contribution >= 0.6 is 0 Å². The minimum Gasteiger partial charge on any atom is -0.423 e. The lowest BCUT2D eigenvalue weighted by molar-refractivity contribution is 0.215. The summed E-state index contributed by atoms with van der Waals surface area (Å²) < 4.78 is 10.4. The Morgan fingerprint density at radius 3 is 2.70 bits per heavy atom. The molecule has 116 valence electrons. The molecule has 1 aromatic heterocycles. The Bertz CT molecular complexity index is 943. The van der Waals surface area contributed by atoms with E-state index in [0.717, 1.165) is 16.5 Å². The summed E-state index contributed by atoms with van der Waals surface area (Å²) in [6, 6.07) is 13.8. The Kier molecular flexibility index (Phi) is 3.85. The van der Waals surface area contributed by atoms with E-state index in [1.54, 1.807) is 18.2 Å². The molecule has 2 aromatic carbocycles. The standard InChI is InChI=1S/C18H15NO4/c1-11-4-3-5-13(8-11)19-18(21)22-14-6-7-15-12(2)9-17(20)23-16(15)10-14/h3-10H,1-2H3,(H,19,21). The lowest BCUT2D eigenvalue weighted by Crippen LogP contribution is -2.16. The zero-order valence-corrected chi connectivity index (χ0v) is 12.8. The van der Waals surface area contributed by atoms with E-state index in [2.05, 4.69) is 5.32 Å². The monoisotopic (exact) mass is 309 g/mol. The summed E-state index contributed by atoms with van der Waals surface area (Å²) in [5, 5.41) is 3.45. The maximum atomic E-state index is 11.9. The maximum Gasteiger partial charge on any atom is 0.417 e. The maximum absolute atomic E-state index is 11.9. The SMILES string of the molecule is Cc1cccc(NC(=O)Oc2ccc3c(C)cc(=O)oc3c2)c1. The number of carbonyl (C=O) groups excluding carboxylic acids is 1. The van der Waals surface area contributed by atoms with Crippen LogP contribution in [-0.2, 0) is 0 Å². The molecule has 1 heterocycles. The Hall–Kier alpha value is -3.08. The lowest BCUT2D eigenvalue weighted by atomic mass is 10.1. The third-order valence-electron chi connectivity index (χ3n) is 3.40. The normalized spacial score (nSPS) is 10.5. The Labute approximate surface area is 132 Å². The smallest absolute Gasteiger partial charge is 0.417 e. The van der Waals surface area contributed by atoms with Gasteiger partial charge in [-0.05, 0) is 49.2 Å². The van der Waals surface area contributed by atoms with E-state index in [1.807, 2.05) is 32.0 Å². The number of carbonyl (C=O) groups is 1. The van der Waals surface area contributed by atoms with Gasteiger partial charge in [0.05, 0.1) is 0 Å². The predicted octanol–water partition coefficient (Wildman–Crippen LogP) is 4.02. The number of rotatable bonds is 2. The van der Waals surface area contributed by atoms with Crippen LogP contribution in [-0.4, -0.2) is 6.09 Å². The van der Waals surface area contributed by atoms with Crippen LogP contribution in [0.5, 0.6) is 5.75 Å². The lowest BCUT2D eigenvalue weighted by Gasteiger charge is -2.08. The van der Waals surface area contributed by atoms with E-state index in [0.29, 0.717) is 17.0 Å². The van der Waals surface area contributed by atoms with E-state index in [-0.39, 0.29) is 0 Å². The van der Waals surface area contributed by atoms with Gasteiger partial charge < -0.3 is 9.15 Å². The third kappa shape index (κ3) is 3.40. The highest BCUT2D eigenvalue weighted by molar-refractivity contribution is 5.87. The first-order chi connectivity index (χ1) is 11.0. The van der Waals surface area contributed by atoms with Crippen LogP contribution in [0.4, 0.5) is 10.5 Å². The second-order valence-corrected chi connectivity index (χ2v) is 5.29. The van der Waals surface area contributed by atoms with Crippen molar-refractivity contribution < 1.29 is 13.9 Å². The number of fused-ring (bicyclic) bond motifs is 1. The summed E-state index contributed by atoms with van der Waals surface area (Å²) in [6.45, 7) is 3.76. The molecule has 5 nitrogen and oxygen atoms in total. The molecule has 3 aromatic rings. The summed E-state index contributed by atoms with van der Waals surface area (Å²) in [7, 11) is 0. The van der Waals surface area contributed by atoms with Gasteiger partial charge in [0.25, 0.3) is 0 Å². The molecule has 0 bridgehead atoms. The van der Waals surface area contributed by atoms with Gasteiger partial charge in [0.15, 0.2) is 0 Å². The molecular weight excluding hydrogens is 294 g/mol. The van der Waals surface area contributed by atoms with E-state index in [1.165, 1.54) is 12.1 Å². The fraction of sp³-hybridized carbons (Fsp3) is 0.111. The van der Waals surface area contributed by atoms with Crippen LogP contribution in [0.15, 0.2) is 57.7 Å². The number of amides is 1. The molecule has 0 saturated carbocycles. The van der Waals surface area contributed by atoms with Crippen molar-refractivity contribution in [2.24, 2.45) is 0 Å². The predicted molar refractivity (Wildman–Crippen MR) is 88.0 cm³/mol. The van der Waals surface area contributed by atoms with Crippen molar-refractivity contribution in [3.8, 4) is 5.75 Å². The summed E-state index contributed by atoms with van der Waals surface area (Å²) in [5.74, 6) is 0.302. The van der Waals surface area contributed by atoms with Crippen LogP contribution in [0.2, 0.25) is 0 Å². The fourth-order valence-corrected chi connectivity index (χ4v) is 2.34. The van der Waals surface area contributed by atoms with Crippen molar-refractivity contribution in [1.82, 2.24) is 0 Å². The molecule has 3 rings (SSSR count). The minimum atomic E-state index is -0.607. The molecule has 0 aliphatic heterocycles. The third-order valence-corrected chi connectivity index (χ3v) is 3.40. The summed E-state index contributed by atoms with van der Waals surface area (Å²) >= 11 is 0. The zero-order chi connectivity index (χ0) is 16.4. The summed E-state index contributed by atoms with van der Waals surface area (Å²) in [5.41, 5.74) is 2.45. The molecule has 0 spiro atoms. The van der Waals surface area contributed by atoms with Crippen LogP contribution in [0.3, 0.4) is 0 Å². The number of anilines is 1. The van der Waals surface area contributed by atoms with Gasteiger partial charge in [-0.1, -0.05) is 12.1 Å². The number of ether oxygens (including phenoxy) is 1. The van der Waals surface area contributed by atoms with Crippen molar-refractivity contribution in [2.45, 2.75) is 13.8 Å². The molecule has 1 N–H and O–H groups in total. The molecule has 5 heteroatoms. The zero-order valence-electron chi connectivity index (χ0n) is 12.8. The fourth-order valence-electron chi connectivity index (χ4n) is 2.34. The van der Waals surface area contributed by atoms with Gasteiger partial charge in [0.1, 0.15) is 11.3 Å². The first kappa shape index (κ1) is 14.8. The first-order valence-corrected chi connectivity index (χ1v) is 7.11. The number of aryl methyl sites for hydroxylation is 2. The molecule has 0 aliphatic carbocycles. The van der Waals surface area contributed by atoms with Gasteiger partial charge in [0.2, 0.25) is 0 Å². The second kappa shape index (κ2) is 5.96. The number of nitrogens with one attached hydrogen (secondary N) is 1. The van der Waals surface area contributed by atoms with Gasteiger partial charge >= 0.3 is 11.7 Å². The molecule has 0 aliphatic rings. The number of hydrogen-bond acceptors (Lipinski definition) is 4. The van der Waals surface area contributed by atoms with Gasteiger partial charge in [0, 0.05) is 23.2 Å². The molecule has 0 fully saturated rings. The van der Waals surface area contributed by atoms with Crippen molar-refractivity contribution in [1.29, 1.82) is 0 Å². The number of benzene rings is 2. The molecule has 1 amide bonds. The molecule has 0 atom stereocenters. The van der Waals surface area contributed by atoms with E-state index >= 15 is 0 Å². The van der Waals surface area contributed by atoms with Gasteiger partial charge in [-0.2, -0.15) is 0 Å². The summed E-state index contributed by atoms with van der Waals surface area (Å²) in [6.07, 6.45) is -0.607. The van der Waals surface area contributed by atoms with Gasteiger partial charge in [-0.15, -0.1) is 0 Å². The van der Waals surface area contributed by atoms with E-state index in [4.69, 9.17) is 9.15 Å². The van der Waals surface area contributed by atoms with Crippen LogP contribution in [0, 0.1) is 13.8 Å². The van der Waals surface area contributed by atoms with E-state index < -0.39 is 11.7 Å². The first-order valence-electron chi connectivity index (χ1n) is 7.11. The molecule has 0 saturated heterocycles. The molecular formula is C18H15NO4. The number of hydrogen-bond donors (Lipinski definition) is 1. The molecule has 0 radical (unpaired) electrons. The Balaban J connectivity index is 1.81. The average molecular weight is 309 g/mol. The van der Waals surface area contributed by atoms with Crippen molar-refractivity contribution >= 4 is 22.7 Å². The highest BCUT2D eigenvalue weighted by Gasteiger charge is 2.08. The van der Waals surface area contributed by atoms with E-state index in [9.17, 15) is 9.59 Å². The van der Waals surface area contributed by atoms with Crippen LogP contribution in [0.25, 0.3) is 11.0 Å². The second-order valence-electron chi connectivity index (χ2n) is 5.29. The Morgan fingerprint density at radius 2 is 1.91 bits per heavy atom. The quantitative estimate of drug-likeness (QED) is 0.726. The van der Waals surface area contributed by atoms with Crippen molar-refractivity contribution in [3.63, 3.8) is 0 Å². The van der Waals surface area contributed by atoms with Crippen molar-refractivity contribution in [3.05, 3.63) is 70.1 Å². The average Bonchev–Trinajstić information content (AvgIpc) is 2.46. The topological polar surface area (TPSA) is 68.5 Å². The summed E-state index contributed by atoms with van der Waals surface area (Å²) in [4.78, 5) is 23.4. The van der Waals surface area contributed by atoms with Gasteiger partial charge in [-0.25, -0.2) is 9.59 Å². The highest BCUT2D eigenvalue weighted by atomic mass is 16.6. The van der Waals surface area contributed by atoms with Crippen LogP contribution < -0.4 is 15.7 Å². The van der Waals surface area contributed by atoms with Gasteiger partial charge in [-0.3, -0.25) is 5.32 Å². The molecule has 0 unspecified atom stereocenters.